The molecule has 0 heterocycles. The van der Waals surface area contributed by atoms with Crippen LogP contribution in [0.25, 0.3) is 0 Å². The van der Waals surface area contributed by atoms with Gasteiger partial charge in [0.25, 0.3) is 0 Å². The van der Waals surface area contributed by atoms with E-state index in [0.717, 1.165) is 17.5 Å². The highest BCUT2D eigenvalue weighted by Crippen LogP contribution is 2.28. The van der Waals surface area contributed by atoms with Crippen molar-refractivity contribution in [3.05, 3.63) is 59.4 Å². The van der Waals surface area contributed by atoms with Gasteiger partial charge in [0.05, 0.1) is 20.6 Å². The average molecular weight is 416 g/mol. The molecule has 30 heavy (non-hydrogen) atoms. The van der Waals surface area contributed by atoms with Gasteiger partial charge in [0.2, 0.25) is 11.8 Å². The van der Waals surface area contributed by atoms with Crippen LogP contribution < -0.4 is 14.8 Å². The van der Waals surface area contributed by atoms with E-state index in [4.69, 9.17) is 9.47 Å². The van der Waals surface area contributed by atoms with Crippen molar-refractivity contribution in [1.29, 1.82) is 0 Å². The van der Waals surface area contributed by atoms with Crippen LogP contribution in [-0.2, 0) is 22.6 Å². The van der Waals surface area contributed by atoms with Crippen LogP contribution in [0.3, 0.4) is 0 Å². The highest BCUT2D eigenvalue weighted by Gasteiger charge is 2.26. The molecule has 0 aromatic heterocycles. The minimum absolute atomic E-state index is 0.0902. The minimum Gasteiger partial charge on any atom is -0.493 e. The topological polar surface area (TPSA) is 67.9 Å². The molecule has 1 N–H and O–H groups in total. The van der Waals surface area contributed by atoms with Gasteiger partial charge < -0.3 is 19.7 Å². The zero-order valence-electron chi connectivity index (χ0n) is 17.9. The molecule has 2 aromatic rings. The molecule has 0 saturated carbocycles. The minimum atomic E-state index is -0.672. The van der Waals surface area contributed by atoms with Crippen LogP contribution >= 0.6 is 0 Å². The number of rotatable bonds is 10. The summed E-state index contributed by atoms with van der Waals surface area (Å²) < 4.78 is 23.8. The molecule has 1 atom stereocenters. The fourth-order valence-electron chi connectivity index (χ4n) is 3.03. The second-order valence-corrected chi connectivity index (χ2v) is 6.98. The molecule has 0 unspecified atom stereocenters. The van der Waals surface area contributed by atoms with Gasteiger partial charge in [0.15, 0.2) is 11.5 Å². The molecular formula is C23H29FN2O4. The lowest BCUT2D eigenvalue weighted by molar-refractivity contribution is -0.140. The van der Waals surface area contributed by atoms with Crippen molar-refractivity contribution in [3.8, 4) is 11.5 Å². The summed E-state index contributed by atoms with van der Waals surface area (Å²) in [6.07, 6.45) is 0.892. The Morgan fingerprint density at radius 2 is 1.67 bits per heavy atom. The Labute approximate surface area is 177 Å². The van der Waals surface area contributed by atoms with Crippen molar-refractivity contribution >= 4 is 11.8 Å². The third kappa shape index (κ3) is 6.20. The first-order valence-corrected chi connectivity index (χ1v) is 9.92. The van der Waals surface area contributed by atoms with Gasteiger partial charge in [0.1, 0.15) is 11.9 Å². The number of amides is 2. The number of methoxy groups -OCH3 is 2. The second kappa shape index (κ2) is 11.2. The molecule has 6 nitrogen and oxygen atoms in total. The van der Waals surface area contributed by atoms with Gasteiger partial charge in [-0.05, 0) is 48.7 Å². The largest absolute Gasteiger partial charge is 0.493 e. The first-order chi connectivity index (χ1) is 14.4. The van der Waals surface area contributed by atoms with Gasteiger partial charge in [-0.15, -0.1) is 0 Å². The lowest BCUT2D eigenvalue weighted by Gasteiger charge is -2.29. The van der Waals surface area contributed by atoms with E-state index in [9.17, 15) is 14.0 Å². The fraction of sp³-hybridized carbons (Fsp3) is 0.391. The van der Waals surface area contributed by atoms with Gasteiger partial charge in [-0.25, -0.2) is 4.39 Å². The molecule has 162 valence electrons. The summed E-state index contributed by atoms with van der Waals surface area (Å²) in [4.78, 5) is 27.2. The second-order valence-electron chi connectivity index (χ2n) is 6.98. The molecule has 0 aliphatic heterocycles. The molecule has 0 radical (unpaired) electrons. The Kier molecular flexibility index (Phi) is 8.65. The quantitative estimate of drug-likeness (QED) is 0.645. The van der Waals surface area contributed by atoms with Crippen molar-refractivity contribution in [2.75, 3.05) is 20.8 Å². The average Bonchev–Trinajstić information content (AvgIpc) is 2.76. The van der Waals surface area contributed by atoms with E-state index in [1.54, 1.807) is 44.4 Å². The summed E-state index contributed by atoms with van der Waals surface area (Å²) in [6, 6.07) is 10.5. The highest BCUT2D eigenvalue weighted by atomic mass is 19.1. The van der Waals surface area contributed by atoms with Crippen LogP contribution in [0.15, 0.2) is 42.5 Å². The van der Waals surface area contributed by atoms with Gasteiger partial charge in [0, 0.05) is 13.1 Å². The zero-order valence-corrected chi connectivity index (χ0v) is 17.9. The molecule has 2 rings (SSSR count). The van der Waals surface area contributed by atoms with Gasteiger partial charge in [-0.1, -0.05) is 25.1 Å². The molecule has 0 aliphatic rings. The molecule has 0 bridgehead atoms. The lowest BCUT2D eigenvalue weighted by Crippen LogP contribution is -2.48. The number of carbonyl (C=O) groups excluding carboxylic acids is 2. The first-order valence-electron chi connectivity index (χ1n) is 9.92. The maximum atomic E-state index is 13.3. The monoisotopic (exact) mass is 416 g/mol. The smallest absolute Gasteiger partial charge is 0.242 e. The predicted octanol–water partition coefficient (Wildman–Crippen LogP) is 3.33. The standard InChI is InChI=1S/C23H29FN2O4/c1-5-12-25-23(28)16(2)26(15-17-6-9-19(24)10-7-17)22(27)14-18-8-11-20(29-3)21(13-18)30-4/h6-11,13,16H,5,12,14-15H2,1-4H3,(H,25,28)/t16-/m1/s1. The number of hydrogen-bond donors (Lipinski definition) is 1. The van der Waals surface area contributed by atoms with Crippen LogP contribution in [0.5, 0.6) is 11.5 Å². The summed E-state index contributed by atoms with van der Waals surface area (Å²) in [5, 5.41) is 2.83. The molecule has 0 saturated heterocycles. The zero-order chi connectivity index (χ0) is 22.1. The number of benzene rings is 2. The SMILES string of the molecule is CCCNC(=O)[C@@H](C)N(Cc1ccc(F)cc1)C(=O)Cc1ccc(OC)c(OC)c1. The predicted molar refractivity (Wildman–Crippen MR) is 113 cm³/mol. The lowest BCUT2D eigenvalue weighted by atomic mass is 10.1. The molecule has 2 amide bonds. The van der Waals surface area contributed by atoms with E-state index in [1.165, 1.54) is 24.1 Å². The van der Waals surface area contributed by atoms with Crippen LogP contribution in [0, 0.1) is 5.82 Å². The van der Waals surface area contributed by atoms with E-state index in [-0.39, 0.29) is 30.6 Å². The molecule has 7 heteroatoms. The Hall–Kier alpha value is -3.09. The van der Waals surface area contributed by atoms with Crippen LogP contribution in [-0.4, -0.2) is 43.5 Å². The Balaban J connectivity index is 2.24. The van der Waals surface area contributed by atoms with Crippen LogP contribution in [0.4, 0.5) is 4.39 Å². The van der Waals surface area contributed by atoms with Crippen LogP contribution in [0.1, 0.15) is 31.4 Å². The van der Waals surface area contributed by atoms with Crippen molar-refractivity contribution < 1.29 is 23.5 Å². The maximum absolute atomic E-state index is 13.3. The summed E-state index contributed by atoms with van der Waals surface area (Å²) in [5.41, 5.74) is 1.48. The first kappa shape index (κ1) is 23.2. The molecule has 0 aliphatic carbocycles. The van der Waals surface area contributed by atoms with E-state index < -0.39 is 6.04 Å². The Morgan fingerprint density at radius 3 is 2.27 bits per heavy atom. The number of ether oxygens (including phenoxy) is 2. The van der Waals surface area contributed by atoms with Crippen molar-refractivity contribution in [2.45, 2.75) is 39.3 Å². The number of hydrogen-bond acceptors (Lipinski definition) is 4. The Bertz CT molecular complexity index is 855. The van der Waals surface area contributed by atoms with Gasteiger partial charge in [-0.3, -0.25) is 9.59 Å². The van der Waals surface area contributed by atoms with E-state index in [2.05, 4.69) is 5.32 Å². The summed E-state index contributed by atoms with van der Waals surface area (Å²) in [5.74, 6) is 0.312. The molecule has 2 aromatic carbocycles. The third-order valence-electron chi connectivity index (χ3n) is 4.79. The number of nitrogens with zero attached hydrogens (tertiary/aromatic N) is 1. The van der Waals surface area contributed by atoms with Crippen molar-refractivity contribution in [3.63, 3.8) is 0 Å². The van der Waals surface area contributed by atoms with Gasteiger partial charge >= 0.3 is 0 Å². The van der Waals surface area contributed by atoms with Crippen molar-refractivity contribution in [2.24, 2.45) is 0 Å². The summed E-state index contributed by atoms with van der Waals surface area (Å²) in [7, 11) is 3.08. The van der Waals surface area contributed by atoms with E-state index >= 15 is 0 Å². The number of nitrogens with one attached hydrogen (secondary N) is 1. The van der Waals surface area contributed by atoms with Gasteiger partial charge in [-0.2, -0.15) is 0 Å². The number of halogens is 1. The highest BCUT2D eigenvalue weighted by molar-refractivity contribution is 5.88. The fourth-order valence-corrected chi connectivity index (χ4v) is 3.03. The normalized spacial score (nSPS) is 11.5. The third-order valence-corrected chi connectivity index (χ3v) is 4.79. The van der Waals surface area contributed by atoms with E-state index in [1.807, 2.05) is 6.92 Å². The molecular weight excluding hydrogens is 387 g/mol. The molecule has 0 spiro atoms. The maximum Gasteiger partial charge on any atom is 0.242 e. The number of carbonyl (C=O) groups is 2. The van der Waals surface area contributed by atoms with Crippen LogP contribution in [0.2, 0.25) is 0 Å². The summed E-state index contributed by atoms with van der Waals surface area (Å²) in [6.45, 7) is 4.40. The molecule has 0 fully saturated rings. The van der Waals surface area contributed by atoms with E-state index in [0.29, 0.717) is 18.0 Å². The Morgan fingerprint density at radius 1 is 1.03 bits per heavy atom. The summed E-state index contributed by atoms with van der Waals surface area (Å²) >= 11 is 0. The van der Waals surface area contributed by atoms with Crippen molar-refractivity contribution in [1.82, 2.24) is 10.2 Å².